The molecule has 0 aromatic heterocycles. The van der Waals surface area contributed by atoms with Gasteiger partial charge in [0.15, 0.2) is 11.5 Å². The highest BCUT2D eigenvalue weighted by Gasteiger charge is 2.11. The van der Waals surface area contributed by atoms with E-state index in [-0.39, 0.29) is 0 Å². The lowest BCUT2D eigenvalue weighted by Crippen LogP contribution is -2.19. The number of nitrogens with one attached hydrogen (secondary N) is 1. The predicted octanol–water partition coefficient (Wildman–Crippen LogP) is 4.35. The third-order valence-corrected chi connectivity index (χ3v) is 3.23. The Morgan fingerprint density at radius 3 is 2.71 bits per heavy atom. The fourth-order valence-corrected chi connectivity index (χ4v) is 1.91. The highest BCUT2D eigenvalue weighted by molar-refractivity contribution is 6.25. The molecule has 4 heteroatoms. The summed E-state index contributed by atoms with van der Waals surface area (Å²) in [6, 6.07) is 5.99. The molecule has 0 amide bonds. The van der Waals surface area contributed by atoms with Crippen LogP contribution in [-0.2, 0) is 6.54 Å². The van der Waals surface area contributed by atoms with Crippen molar-refractivity contribution in [1.29, 1.82) is 0 Å². The van der Waals surface area contributed by atoms with E-state index in [9.17, 15) is 0 Å². The van der Waals surface area contributed by atoms with E-state index in [4.69, 9.17) is 21.1 Å². The van der Waals surface area contributed by atoms with E-state index in [0.29, 0.717) is 19.1 Å². The molecule has 0 saturated carbocycles. The Hall–Kier alpha value is -1.19. The van der Waals surface area contributed by atoms with E-state index in [1.807, 2.05) is 26.0 Å². The molecule has 1 aromatic rings. The van der Waals surface area contributed by atoms with Crippen LogP contribution < -0.4 is 14.8 Å². The number of benzene rings is 1. The molecule has 0 aliphatic heterocycles. The number of hydrogen-bond acceptors (Lipinski definition) is 3. The average molecular weight is 312 g/mol. The molecule has 0 atom stereocenters. The third-order valence-electron chi connectivity index (χ3n) is 2.86. The van der Waals surface area contributed by atoms with Crippen LogP contribution in [0.15, 0.2) is 29.3 Å². The molecule has 1 rings (SSSR count). The van der Waals surface area contributed by atoms with Crippen LogP contribution >= 0.6 is 11.6 Å². The summed E-state index contributed by atoms with van der Waals surface area (Å²) in [7, 11) is 0. The minimum Gasteiger partial charge on any atom is -0.490 e. The van der Waals surface area contributed by atoms with Crippen molar-refractivity contribution in [2.45, 2.75) is 34.2 Å². The molecule has 0 aliphatic rings. The van der Waals surface area contributed by atoms with Crippen LogP contribution in [-0.4, -0.2) is 19.8 Å². The molecule has 1 aromatic carbocycles. The molecular formula is C17H26ClNO2. The summed E-state index contributed by atoms with van der Waals surface area (Å²) in [4.78, 5) is 0. The second kappa shape index (κ2) is 9.69. The van der Waals surface area contributed by atoms with Gasteiger partial charge in [-0.3, -0.25) is 0 Å². The van der Waals surface area contributed by atoms with Crippen LogP contribution in [0.4, 0.5) is 0 Å². The SMILES string of the molecule is CCOc1cccc(CNCC(C)C)c1OC/C(C)=C/Cl. The van der Waals surface area contributed by atoms with E-state index >= 15 is 0 Å². The van der Waals surface area contributed by atoms with Crippen LogP contribution in [0.25, 0.3) is 0 Å². The van der Waals surface area contributed by atoms with Crippen LogP contribution in [0, 0.1) is 5.92 Å². The van der Waals surface area contributed by atoms with Crippen molar-refractivity contribution in [3.05, 3.63) is 34.9 Å². The van der Waals surface area contributed by atoms with Crippen molar-refractivity contribution in [1.82, 2.24) is 5.32 Å². The van der Waals surface area contributed by atoms with Crippen molar-refractivity contribution >= 4 is 11.6 Å². The van der Waals surface area contributed by atoms with Gasteiger partial charge in [-0.25, -0.2) is 0 Å². The molecule has 21 heavy (non-hydrogen) atoms. The van der Waals surface area contributed by atoms with Gasteiger partial charge in [0, 0.05) is 17.6 Å². The van der Waals surface area contributed by atoms with Crippen molar-refractivity contribution in [3.8, 4) is 11.5 Å². The van der Waals surface area contributed by atoms with Gasteiger partial charge in [-0.2, -0.15) is 0 Å². The van der Waals surface area contributed by atoms with E-state index in [2.05, 4.69) is 25.2 Å². The minimum atomic E-state index is 0.463. The Bertz CT molecular complexity index is 458. The highest BCUT2D eigenvalue weighted by Crippen LogP contribution is 2.31. The number of ether oxygens (including phenoxy) is 2. The van der Waals surface area contributed by atoms with Crippen LogP contribution in [0.5, 0.6) is 11.5 Å². The molecule has 0 heterocycles. The summed E-state index contributed by atoms with van der Waals surface area (Å²) in [6.45, 7) is 11.1. The van der Waals surface area contributed by atoms with E-state index in [1.54, 1.807) is 5.54 Å². The van der Waals surface area contributed by atoms with Crippen LogP contribution in [0.2, 0.25) is 0 Å². The van der Waals surface area contributed by atoms with Gasteiger partial charge in [0.25, 0.3) is 0 Å². The Kier molecular flexibility index (Phi) is 8.24. The summed E-state index contributed by atoms with van der Waals surface area (Å²) in [6.07, 6.45) is 0. The van der Waals surface area contributed by atoms with Gasteiger partial charge in [-0.15, -0.1) is 0 Å². The predicted molar refractivity (Wildman–Crippen MR) is 89.3 cm³/mol. The Labute approximate surface area is 133 Å². The minimum absolute atomic E-state index is 0.463. The quantitative estimate of drug-likeness (QED) is 0.735. The summed E-state index contributed by atoms with van der Waals surface area (Å²) in [5.41, 5.74) is 3.62. The molecule has 3 nitrogen and oxygen atoms in total. The fourth-order valence-electron chi connectivity index (χ4n) is 1.85. The number of rotatable bonds is 9. The molecule has 0 saturated heterocycles. The van der Waals surface area contributed by atoms with E-state index in [1.165, 1.54) is 0 Å². The van der Waals surface area contributed by atoms with Crippen molar-refractivity contribution in [2.24, 2.45) is 5.92 Å². The van der Waals surface area contributed by atoms with E-state index in [0.717, 1.165) is 35.7 Å². The van der Waals surface area contributed by atoms with Gasteiger partial charge < -0.3 is 14.8 Å². The average Bonchev–Trinajstić information content (AvgIpc) is 2.46. The maximum Gasteiger partial charge on any atom is 0.166 e. The lowest BCUT2D eigenvalue weighted by Gasteiger charge is -2.17. The zero-order valence-electron chi connectivity index (χ0n) is 13.4. The molecule has 118 valence electrons. The number of hydrogen-bond donors (Lipinski definition) is 1. The van der Waals surface area contributed by atoms with Gasteiger partial charge in [0.1, 0.15) is 6.61 Å². The van der Waals surface area contributed by atoms with E-state index < -0.39 is 0 Å². The number of halogens is 1. The molecule has 0 bridgehead atoms. The molecular weight excluding hydrogens is 286 g/mol. The zero-order chi connectivity index (χ0) is 15.7. The smallest absolute Gasteiger partial charge is 0.166 e. The van der Waals surface area contributed by atoms with Gasteiger partial charge in [0.05, 0.1) is 6.61 Å². The van der Waals surface area contributed by atoms with Gasteiger partial charge in [0.2, 0.25) is 0 Å². The maximum absolute atomic E-state index is 5.91. The monoisotopic (exact) mass is 311 g/mol. The maximum atomic E-state index is 5.91. The van der Waals surface area contributed by atoms with Gasteiger partial charge in [-0.1, -0.05) is 37.6 Å². The van der Waals surface area contributed by atoms with Crippen LogP contribution in [0.1, 0.15) is 33.3 Å². The Morgan fingerprint density at radius 2 is 2.10 bits per heavy atom. The second-order valence-electron chi connectivity index (χ2n) is 5.45. The Balaban J connectivity index is 2.85. The molecule has 0 unspecified atom stereocenters. The van der Waals surface area contributed by atoms with Gasteiger partial charge in [-0.05, 0) is 37.9 Å². The third kappa shape index (κ3) is 6.40. The lowest BCUT2D eigenvalue weighted by atomic mass is 10.1. The van der Waals surface area contributed by atoms with Crippen molar-refractivity contribution < 1.29 is 9.47 Å². The van der Waals surface area contributed by atoms with Gasteiger partial charge >= 0.3 is 0 Å². The normalized spacial score (nSPS) is 11.8. The first kappa shape index (κ1) is 17.9. The van der Waals surface area contributed by atoms with Crippen molar-refractivity contribution in [3.63, 3.8) is 0 Å². The summed E-state index contributed by atoms with van der Waals surface area (Å²) in [5, 5.41) is 3.44. The first-order valence-corrected chi connectivity index (χ1v) is 7.86. The van der Waals surface area contributed by atoms with Crippen molar-refractivity contribution in [2.75, 3.05) is 19.8 Å². The topological polar surface area (TPSA) is 30.5 Å². The summed E-state index contributed by atoms with van der Waals surface area (Å²) in [5.74, 6) is 2.20. The standard InChI is InChI=1S/C17H26ClNO2/c1-5-20-16-8-6-7-15(11-19-10-13(2)3)17(16)21-12-14(4)9-18/h6-9,13,19H,5,10-12H2,1-4H3/b14-9+. The molecule has 0 radical (unpaired) electrons. The molecule has 0 fully saturated rings. The molecule has 0 spiro atoms. The Morgan fingerprint density at radius 1 is 1.33 bits per heavy atom. The first-order valence-electron chi connectivity index (χ1n) is 7.42. The summed E-state index contributed by atoms with van der Waals surface area (Å²) < 4.78 is 11.6. The second-order valence-corrected chi connectivity index (χ2v) is 5.66. The largest absolute Gasteiger partial charge is 0.490 e. The molecule has 1 N–H and O–H groups in total. The zero-order valence-corrected chi connectivity index (χ0v) is 14.2. The first-order chi connectivity index (χ1) is 10.1. The summed E-state index contributed by atoms with van der Waals surface area (Å²) >= 11 is 5.69. The fraction of sp³-hybridized carbons (Fsp3) is 0.529. The highest BCUT2D eigenvalue weighted by atomic mass is 35.5. The lowest BCUT2D eigenvalue weighted by molar-refractivity contribution is 0.290. The van der Waals surface area contributed by atoms with Crippen LogP contribution in [0.3, 0.4) is 0 Å². The molecule has 0 aliphatic carbocycles. The number of para-hydroxylation sites is 1.